The maximum atomic E-state index is 13.0. The molecule has 1 amide bonds. The molecule has 0 aliphatic carbocycles. The van der Waals surface area contributed by atoms with E-state index >= 15 is 0 Å². The lowest BCUT2D eigenvalue weighted by Crippen LogP contribution is -2.14. The van der Waals surface area contributed by atoms with Crippen LogP contribution in [-0.2, 0) is 0 Å². The predicted octanol–water partition coefficient (Wildman–Crippen LogP) is 5.12. The zero-order chi connectivity index (χ0) is 22.0. The van der Waals surface area contributed by atoms with Crippen molar-refractivity contribution in [2.45, 2.75) is 20.8 Å². The van der Waals surface area contributed by atoms with Gasteiger partial charge in [0.25, 0.3) is 5.91 Å². The van der Waals surface area contributed by atoms with Crippen LogP contribution in [0.4, 0.5) is 5.69 Å². The number of aryl methyl sites for hydroxylation is 3. The van der Waals surface area contributed by atoms with E-state index in [0.29, 0.717) is 17.3 Å². The molecule has 0 fully saturated rings. The third-order valence-electron chi connectivity index (χ3n) is 4.99. The van der Waals surface area contributed by atoms with Crippen LogP contribution in [0.5, 0.6) is 5.75 Å². The second-order valence-corrected chi connectivity index (χ2v) is 7.52. The zero-order valence-corrected chi connectivity index (χ0v) is 18.0. The number of methoxy groups -OCH3 is 1. The number of hydrogen-bond acceptors (Lipinski definition) is 4. The molecule has 0 aliphatic rings. The molecule has 0 unspecified atom stereocenters. The summed E-state index contributed by atoms with van der Waals surface area (Å²) in [5.41, 5.74) is 5.72. The van der Waals surface area contributed by atoms with Crippen LogP contribution >= 0.6 is 0 Å². The van der Waals surface area contributed by atoms with Crippen molar-refractivity contribution >= 4 is 11.6 Å². The highest BCUT2D eigenvalue weighted by molar-refractivity contribution is 6.02. The monoisotopic (exact) mass is 412 g/mol. The molecule has 6 nitrogen and oxygen atoms in total. The van der Waals surface area contributed by atoms with Gasteiger partial charge in [0.15, 0.2) is 5.82 Å². The highest BCUT2D eigenvalue weighted by Gasteiger charge is 2.20. The summed E-state index contributed by atoms with van der Waals surface area (Å²) in [7, 11) is 1.59. The molecule has 0 atom stereocenters. The van der Waals surface area contributed by atoms with Gasteiger partial charge in [-0.3, -0.25) is 4.79 Å². The molecule has 0 saturated heterocycles. The van der Waals surface area contributed by atoms with Gasteiger partial charge in [0.1, 0.15) is 5.75 Å². The van der Waals surface area contributed by atoms with Crippen LogP contribution in [-0.4, -0.2) is 27.8 Å². The van der Waals surface area contributed by atoms with E-state index in [1.54, 1.807) is 23.9 Å². The van der Waals surface area contributed by atoms with Crippen LogP contribution in [0, 0.1) is 20.8 Å². The van der Waals surface area contributed by atoms with E-state index in [-0.39, 0.29) is 11.7 Å². The molecule has 0 saturated carbocycles. The summed E-state index contributed by atoms with van der Waals surface area (Å²) in [5, 5.41) is 7.43. The predicted molar refractivity (Wildman–Crippen MR) is 122 cm³/mol. The van der Waals surface area contributed by atoms with Crippen LogP contribution in [0.3, 0.4) is 0 Å². The van der Waals surface area contributed by atoms with Gasteiger partial charge < -0.3 is 10.1 Å². The van der Waals surface area contributed by atoms with Gasteiger partial charge in [-0.1, -0.05) is 47.5 Å². The van der Waals surface area contributed by atoms with Crippen LogP contribution < -0.4 is 10.1 Å². The normalized spacial score (nSPS) is 10.7. The first-order valence-electron chi connectivity index (χ1n) is 10.0. The zero-order valence-electron chi connectivity index (χ0n) is 18.0. The minimum absolute atomic E-state index is 0.0966. The molecule has 31 heavy (non-hydrogen) atoms. The lowest BCUT2D eigenvalue weighted by atomic mass is 10.1. The van der Waals surface area contributed by atoms with E-state index in [0.717, 1.165) is 27.9 Å². The first-order chi connectivity index (χ1) is 14.9. The number of carbonyl (C=O) groups excluding carboxylic acids is 1. The fraction of sp³-hybridized carbons (Fsp3) is 0.160. The number of nitrogens with one attached hydrogen (secondary N) is 1. The molecule has 156 valence electrons. The van der Waals surface area contributed by atoms with Crippen LogP contribution in [0.1, 0.15) is 27.3 Å². The molecule has 1 heterocycles. The minimum atomic E-state index is -0.384. The third-order valence-corrected chi connectivity index (χ3v) is 4.99. The minimum Gasteiger partial charge on any atom is -0.497 e. The van der Waals surface area contributed by atoms with E-state index in [4.69, 9.17) is 4.74 Å². The molecule has 0 spiro atoms. The maximum Gasteiger partial charge on any atom is 0.295 e. The summed E-state index contributed by atoms with van der Waals surface area (Å²) in [6.45, 7) is 6.10. The molecular weight excluding hydrogens is 388 g/mol. The Balaban J connectivity index is 1.78. The second-order valence-electron chi connectivity index (χ2n) is 7.52. The van der Waals surface area contributed by atoms with Gasteiger partial charge >= 0.3 is 0 Å². The molecule has 4 rings (SSSR count). The van der Waals surface area contributed by atoms with Crippen molar-refractivity contribution in [1.29, 1.82) is 0 Å². The second kappa shape index (κ2) is 8.44. The van der Waals surface area contributed by atoms with Crippen LogP contribution in [0.2, 0.25) is 0 Å². The Morgan fingerprint density at radius 3 is 2.45 bits per heavy atom. The molecule has 6 heteroatoms. The number of rotatable bonds is 5. The summed E-state index contributed by atoms with van der Waals surface area (Å²) >= 11 is 0. The van der Waals surface area contributed by atoms with Crippen LogP contribution in [0.25, 0.3) is 17.1 Å². The topological polar surface area (TPSA) is 69.0 Å². The number of nitrogens with zero attached hydrogens (tertiary/aromatic N) is 3. The quantitative estimate of drug-likeness (QED) is 0.494. The summed E-state index contributed by atoms with van der Waals surface area (Å²) in [6.07, 6.45) is 0. The van der Waals surface area contributed by atoms with Crippen molar-refractivity contribution in [3.63, 3.8) is 0 Å². The Kier molecular flexibility index (Phi) is 5.54. The fourth-order valence-corrected chi connectivity index (χ4v) is 3.48. The SMILES string of the molecule is COc1cccc(NC(=O)c2nc(-c3cccc(C)c3)n(-c3ccc(C)cc3C)n2)c1. The van der Waals surface area contributed by atoms with E-state index in [1.165, 1.54) is 0 Å². The molecule has 4 aromatic rings. The average molecular weight is 412 g/mol. The van der Waals surface area contributed by atoms with Crippen molar-refractivity contribution < 1.29 is 9.53 Å². The Morgan fingerprint density at radius 2 is 1.71 bits per heavy atom. The van der Waals surface area contributed by atoms with Gasteiger partial charge in [0, 0.05) is 17.3 Å². The summed E-state index contributed by atoms with van der Waals surface area (Å²) in [6, 6.07) is 21.3. The van der Waals surface area contributed by atoms with Crippen molar-refractivity contribution in [3.8, 4) is 22.8 Å². The molecule has 1 N–H and O–H groups in total. The van der Waals surface area contributed by atoms with Crippen LogP contribution in [0.15, 0.2) is 66.7 Å². The molecular formula is C25H24N4O2. The number of benzene rings is 3. The van der Waals surface area contributed by atoms with E-state index < -0.39 is 0 Å². The number of anilines is 1. The molecule has 0 aliphatic heterocycles. The Bertz CT molecular complexity index is 1260. The Hall–Kier alpha value is -3.93. The first-order valence-corrected chi connectivity index (χ1v) is 10.0. The number of ether oxygens (including phenoxy) is 1. The maximum absolute atomic E-state index is 13.0. The highest BCUT2D eigenvalue weighted by atomic mass is 16.5. The van der Waals surface area contributed by atoms with Gasteiger partial charge in [0.05, 0.1) is 12.8 Å². The Morgan fingerprint density at radius 1 is 0.935 bits per heavy atom. The van der Waals surface area contributed by atoms with Gasteiger partial charge in [-0.15, -0.1) is 5.10 Å². The summed E-state index contributed by atoms with van der Waals surface area (Å²) in [5.74, 6) is 0.989. The van der Waals surface area contributed by atoms with Crippen molar-refractivity contribution in [2.75, 3.05) is 12.4 Å². The lowest BCUT2D eigenvalue weighted by molar-refractivity contribution is 0.101. The van der Waals surface area contributed by atoms with Crippen molar-refractivity contribution in [3.05, 3.63) is 89.2 Å². The van der Waals surface area contributed by atoms with E-state index in [1.807, 2.05) is 69.3 Å². The third kappa shape index (κ3) is 4.33. The largest absolute Gasteiger partial charge is 0.497 e. The molecule has 0 bridgehead atoms. The summed E-state index contributed by atoms with van der Waals surface area (Å²) in [4.78, 5) is 17.6. The smallest absolute Gasteiger partial charge is 0.295 e. The first kappa shape index (κ1) is 20.3. The van der Waals surface area contributed by atoms with Gasteiger partial charge in [-0.2, -0.15) is 0 Å². The molecule has 3 aromatic carbocycles. The van der Waals surface area contributed by atoms with Crippen molar-refractivity contribution in [2.24, 2.45) is 0 Å². The summed E-state index contributed by atoms with van der Waals surface area (Å²) < 4.78 is 6.97. The van der Waals surface area contributed by atoms with Gasteiger partial charge in [-0.05, 0) is 50.6 Å². The standard InChI is InChI=1S/C25H24N4O2/c1-16-7-5-8-19(14-16)24-27-23(25(30)26-20-9-6-10-21(15-20)31-4)28-29(24)22-12-11-17(2)13-18(22)3/h5-15H,1-4H3,(H,26,30). The highest BCUT2D eigenvalue weighted by Crippen LogP contribution is 2.25. The lowest BCUT2D eigenvalue weighted by Gasteiger charge is -2.10. The molecule has 0 radical (unpaired) electrons. The number of amides is 1. The van der Waals surface area contributed by atoms with Gasteiger partial charge in [0.2, 0.25) is 5.82 Å². The van der Waals surface area contributed by atoms with E-state index in [9.17, 15) is 4.79 Å². The molecule has 1 aromatic heterocycles. The Labute approximate surface area is 181 Å². The number of aromatic nitrogens is 3. The van der Waals surface area contributed by atoms with Crippen molar-refractivity contribution in [1.82, 2.24) is 14.8 Å². The fourth-order valence-electron chi connectivity index (χ4n) is 3.48. The number of hydrogen-bond donors (Lipinski definition) is 1. The van der Waals surface area contributed by atoms with Gasteiger partial charge in [-0.25, -0.2) is 9.67 Å². The van der Waals surface area contributed by atoms with E-state index in [2.05, 4.69) is 21.5 Å². The number of carbonyl (C=O) groups is 1. The average Bonchev–Trinajstić information content (AvgIpc) is 3.19.